The quantitative estimate of drug-likeness (QED) is 0.465. The number of aromatic nitrogens is 3. The number of ketones is 1. The number of aliphatic carboxylic acids is 1. The van der Waals surface area contributed by atoms with Crippen molar-refractivity contribution >= 4 is 34.5 Å². The van der Waals surface area contributed by atoms with Crippen LogP contribution in [0.4, 0.5) is 4.39 Å². The number of benzene rings is 1. The molecule has 5 atom stereocenters. The number of nitrogens with two attached hydrogens (primary N) is 1. The first-order valence-corrected chi connectivity index (χ1v) is 12.0. The van der Waals surface area contributed by atoms with Gasteiger partial charge in [0.15, 0.2) is 11.5 Å². The molecular formula is C26H24FN5O5. The van der Waals surface area contributed by atoms with Gasteiger partial charge >= 0.3 is 5.97 Å². The minimum absolute atomic E-state index is 0.0983. The van der Waals surface area contributed by atoms with Gasteiger partial charge in [-0.3, -0.25) is 24.0 Å². The number of halogens is 1. The maximum Gasteiger partial charge on any atom is 0.326 e. The second kappa shape index (κ2) is 7.44. The van der Waals surface area contributed by atoms with E-state index in [4.69, 9.17) is 5.73 Å². The van der Waals surface area contributed by atoms with Crippen LogP contribution < -0.4 is 5.73 Å². The number of amides is 2. The number of pyridine rings is 1. The number of carboxylic acids is 1. The molecule has 2 saturated carbocycles. The number of nitrogens with zero attached hydrogens (tertiary/aromatic N) is 4. The van der Waals surface area contributed by atoms with E-state index in [1.807, 2.05) is 0 Å². The van der Waals surface area contributed by atoms with Crippen molar-refractivity contribution in [2.24, 2.45) is 17.1 Å². The van der Waals surface area contributed by atoms with Gasteiger partial charge < -0.3 is 15.7 Å². The molecule has 2 aliphatic carbocycles. The van der Waals surface area contributed by atoms with Gasteiger partial charge in [0.05, 0.1) is 17.3 Å². The Hall–Kier alpha value is -4.15. The van der Waals surface area contributed by atoms with Gasteiger partial charge in [0.25, 0.3) is 0 Å². The zero-order valence-corrected chi connectivity index (χ0v) is 19.9. The lowest BCUT2D eigenvalue weighted by Crippen LogP contribution is -2.57. The van der Waals surface area contributed by atoms with Crippen LogP contribution in [-0.2, 0) is 26.6 Å². The van der Waals surface area contributed by atoms with Gasteiger partial charge in [-0.2, -0.15) is 5.10 Å². The maximum atomic E-state index is 16.6. The van der Waals surface area contributed by atoms with E-state index >= 15 is 4.39 Å². The summed E-state index contributed by atoms with van der Waals surface area (Å²) < 4.78 is 17.9. The Morgan fingerprint density at radius 1 is 1.19 bits per heavy atom. The summed E-state index contributed by atoms with van der Waals surface area (Å²) in [5.41, 5.74) is 1.49. The smallest absolute Gasteiger partial charge is 0.326 e. The third kappa shape index (κ3) is 2.85. The minimum Gasteiger partial charge on any atom is -0.480 e. The molecule has 1 aromatic carbocycles. The molecule has 0 bridgehead atoms. The molecule has 3 aromatic rings. The molecule has 0 spiro atoms. The number of piperidine rings is 1. The predicted molar refractivity (Wildman–Crippen MR) is 127 cm³/mol. The van der Waals surface area contributed by atoms with Gasteiger partial charge in [-0.1, -0.05) is 30.3 Å². The number of carboxylic acid groups (broad SMARTS) is 1. The van der Waals surface area contributed by atoms with Crippen molar-refractivity contribution in [1.29, 1.82) is 0 Å². The number of Topliss-reactive ketones (excluding diaryl/α,β-unsaturated/α-hetero) is 1. The summed E-state index contributed by atoms with van der Waals surface area (Å²) in [6, 6.07) is 8.55. The molecular weight excluding hydrogens is 481 g/mol. The van der Waals surface area contributed by atoms with Crippen molar-refractivity contribution in [3.63, 3.8) is 0 Å². The topological polar surface area (TPSA) is 148 Å². The molecule has 3 fully saturated rings. The minimum atomic E-state index is -2.12. The molecule has 1 saturated heterocycles. The van der Waals surface area contributed by atoms with E-state index in [0.29, 0.717) is 10.9 Å². The highest BCUT2D eigenvalue weighted by Gasteiger charge is 2.91. The molecule has 37 heavy (non-hydrogen) atoms. The lowest BCUT2D eigenvalue weighted by Gasteiger charge is -2.38. The highest BCUT2D eigenvalue weighted by molar-refractivity contribution is 6.05. The molecule has 10 nitrogen and oxygen atoms in total. The largest absolute Gasteiger partial charge is 0.480 e. The number of likely N-dealkylation sites (tertiary alicyclic amines) is 1. The fourth-order valence-corrected chi connectivity index (χ4v) is 6.85. The Labute approximate surface area is 210 Å². The van der Waals surface area contributed by atoms with Crippen molar-refractivity contribution in [1.82, 2.24) is 19.7 Å². The van der Waals surface area contributed by atoms with Crippen molar-refractivity contribution < 1.29 is 28.7 Å². The zero-order chi connectivity index (χ0) is 26.3. The number of fused-ring (bicyclic) bond motifs is 2. The Balaban J connectivity index is 1.43. The monoisotopic (exact) mass is 505 g/mol. The normalized spacial score (nSPS) is 31.7. The van der Waals surface area contributed by atoms with E-state index in [1.54, 1.807) is 36.4 Å². The lowest BCUT2D eigenvalue weighted by molar-refractivity contribution is -0.155. The predicted octanol–water partition coefficient (Wildman–Crippen LogP) is 1.82. The third-order valence-corrected chi connectivity index (χ3v) is 8.50. The van der Waals surface area contributed by atoms with Crippen molar-refractivity contribution in [2.75, 3.05) is 0 Å². The van der Waals surface area contributed by atoms with E-state index in [2.05, 4.69) is 10.1 Å². The molecule has 0 unspecified atom stereocenters. The summed E-state index contributed by atoms with van der Waals surface area (Å²) in [6.45, 7) is 0.945. The average molecular weight is 506 g/mol. The Morgan fingerprint density at radius 2 is 1.92 bits per heavy atom. The second-order valence-electron chi connectivity index (χ2n) is 10.2. The second-order valence-corrected chi connectivity index (χ2v) is 10.2. The van der Waals surface area contributed by atoms with Crippen LogP contribution in [0.2, 0.25) is 0 Å². The standard InChI is InChI=1S/C26H24FN5O5/c1-14(33)21-17-7-8-29-11-19(17)31(30-21)12-20(34)32-18(22(35)36)9-16-10-26(16,32)24(23(28)37)13-25(24,27)15-5-3-2-4-6-15/h2-8,11,16,18H,9-10,12-13H2,1H3,(H2,28,37)(H,35,36)/t16-,18-,24-,25-,26-/m0/s1. The summed E-state index contributed by atoms with van der Waals surface area (Å²) in [6.07, 6.45) is 3.12. The molecule has 2 amide bonds. The van der Waals surface area contributed by atoms with Gasteiger partial charge in [0.2, 0.25) is 11.8 Å². The van der Waals surface area contributed by atoms with Gasteiger partial charge in [-0.05, 0) is 30.4 Å². The number of hydrogen-bond donors (Lipinski definition) is 2. The number of carbonyl (C=O) groups excluding carboxylic acids is 3. The molecule has 6 rings (SSSR count). The number of alkyl halides is 1. The number of rotatable bonds is 7. The fraction of sp³-hybridized carbons (Fsp3) is 0.385. The molecule has 190 valence electrons. The van der Waals surface area contributed by atoms with Crippen molar-refractivity contribution in [3.8, 4) is 0 Å². The highest BCUT2D eigenvalue weighted by atomic mass is 19.1. The van der Waals surface area contributed by atoms with E-state index in [1.165, 1.54) is 28.9 Å². The van der Waals surface area contributed by atoms with E-state index in [9.17, 15) is 24.3 Å². The average Bonchev–Trinajstić information content (AvgIpc) is 3.66. The SMILES string of the molecule is CC(=O)c1nn(CC(=O)N2[C@H](C(=O)O)C[C@H]3C[C@@]32[C@]2(C(N)=O)C[C@]2(F)c2ccccc2)c2cnccc12. The summed E-state index contributed by atoms with van der Waals surface area (Å²) in [5, 5.41) is 14.8. The molecule has 1 aliphatic heterocycles. The van der Waals surface area contributed by atoms with E-state index in [0.717, 1.165) is 0 Å². The number of primary amides is 1. The molecule has 2 aromatic heterocycles. The first-order chi connectivity index (χ1) is 17.6. The van der Waals surface area contributed by atoms with Crippen LogP contribution in [-0.4, -0.2) is 59.9 Å². The van der Waals surface area contributed by atoms with Crippen LogP contribution >= 0.6 is 0 Å². The van der Waals surface area contributed by atoms with Gasteiger partial charge in [-0.25, -0.2) is 9.18 Å². The summed E-state index contributed by atoms with van der Waals surface area (Å²) >= 11 is 0. The third-order valence-electron chi connectivity index (χ3n) is 8.50. The number of hydrogen-bond acceptors (Lipinski definition) is 6. The van der Waals surface area contributed by atoms with Gasteiger partial charge in [0.1, 0.15) is 23.7 Å². The molecule has 3 aliphatic rings. The Kier molecular flexibility index (Phi) is 4.67. The van der Waals surface area contributed by atoms with E-state index in [-0.39, 0.29) is 42.2 Å². The summed E-state index contributed by atoms with van der Waals surface area (Å²) in [7, 11) is 0. The number of carbonyl (C=O) groups is 4. The maximum absolute atomic E-state index is 16.6. The van der Waals surface area contributed by atoms with Gasteiger partial charge in [0, 0.05) is 24.9 Å². The fourth-order valence-electron chi connectivity index (χ4n) is 6.85. The first-order valence-electron chi connectivity index (χ1n) is 12.0. The molecule has 3 N–H and O–H groups in total. The summed E-state index contributed by atoms with van der Waals surface area (Å²) in [4.78, 5) is 56.4. The Morgan fingerprint density at radius 3 is 2.57 bits per heavy atom. The Bertz CT molecular complexity index is 1510. The zero-order valence-electron chi connectivity index (χ0n) is 19.9. The van der Waals surface area contributed by atoms with Crippen molar-refractivity contribution in [3.05, 3.63) is 60.0 Å². The molecule has 0 radical (unpaired) electrons. The van der Waals surface area contributed by atoms with Crippen LogP contribution in [0.25, 0.3) is 10.9 Å². The van der Waals surface area contributed by atoms with Crippen LogP contribution in [0, 0.1) is 11.3 Å². The van der Waals surface area contributed by atoms with Crippen LogP contribution in [0.1, 0.15) is 42.2 Å². The van der Waals surface area contributed by atoms with Crippen LogP contribution in [0.5, 0.6) is 0 Å². The van der Waals surface area contributed by atoms with E-state index < -0.39 is 47.0 Å². The van der Waals surface area contributed by atoms with Crippen LogP contribution in [0.15, 0.2) is 48.8 Å². The van der Waals surface area contributed by atoms with Crippen molar-refractivity contribution in [2.45, 2.75) is 50.0 Å². The summed E-state index contributed by atoms with van der Waals surface area (Å²) in [5.74, 6) is -3.45. The van der Waals surface area contributed by atoms with Crippen LogP contribution in [0.3, 0.4) is 0 Å². The molecule has 3 heterocycles. The first kappa shape index (κ1) is 23.3. The highest BCUT2D eigenvalue weighted by Crippen LogP contribution is 2.81. The lowest BCUT2D eigenvalue weighted by atomic mass is 9.84. The van der Waals surface area contributed by atoms with Gasteiger partial charge in [-0.15, -0.1) is 0 Å². The molecule has 11 heteroatoms.